The Balaban J connectivity index is 1.67. The van der Waals surface area contributed by atoms with Crippen LogP contribution in [0.4, 0.5) is 0 Å². The number of hydrogen-bond acceptors (Lipinski definition) is 3. The van der Waals surface area contributed by atoms with Crippen molar-refractivity contribution in [2.24, 2.45) is 0 Å². The minimum absolute atomic E-state index is 0.0646. The van der Waals surface area contributed by atoms with Crippen molar-refractivity contribution in [1.82, 2.24) is 9.80 Å². The zero-order chi connectivity index (χ0) is 17.8. The molecule has 4 nitrogen and oxygen atoms in total. The summed E-state index contributed by atoms with van der Waals surface area (Å²) in [5, 5.41) is 10.7. The van der Waals surface area contributed by atoms with E-state index in [0.717, 1.165) is 5.56 Å². The minimum atomic E-state index is -0.338. The van der Waals surface area contributed by atoms with E-state index in [1.54, 1.807) is 35.2 Å². The number of piperazine rings is 1. The summed E-state index contributed by atoms with van der Waals surface area (Å²) in [6, 6.07) is 16.4. The minimum Gasteiger partial charge on any atom is -0.336 e. The van der Waals surface area contributed by atoms with Crippen LogP contribution in [0.1, 0.15) is 22.0 Å². The molecule has 0 aliphatic carbocycles. The average molecular weight is 374 g/mol. The monoisotopic (exact) mass is 373 g/mol. The fourth-order valence-electron chi connectivity index (χ4n) is 3.00. The van der Waals surface area contributed by atoms with Gasteiger partial charge < -0.3 is 4.90 Å². The van der Waals surface area contributed by atoms with Gasteiger partial charge in [0.05, 0.1) is 16.7 Å². The highest BCUT2D eigenvalue weighted by Crippen LogP contribution is 2.24. The van der Waals surface area contributed by atoms with Gasteiger partial charge in [-0.25, -0.2) is 0 Å². The van der Waals surface area contributed by atoms with Crippen molar-refractivity contribution in [1.29, 1.82) is 5.26 Å². The van der Waals surface area contributed by atoms with Crippen LogP contribution >= 0.6 is 23.2 Å². The van der Waals surface area contributed by atoms with E-state index in [-0.39, 0.29) is 11.9 Å². The number of nitrogens with zero attached hydrogens (tertiary/aromatic N) is 3. The average Bonchev–Trinajstić information content (AvgIpc) is 2.64. The summed E-state index contributed by atoms with van der Waals surface area (Å²) in [4.78, 5) is 16.5. The molecule has 1 atom stereocenters. The smallest absolute Gasteiger partial charge is 0.255 e. The molecule has 0 N–H and O–H groups in total. The van der Waals surface area contributed by atoms with Crippen LogP contribution in [-0.2, 0) is 0 Å². The number of carbonyl (C=O) groups excluding carboxylic acids is 1. The van der Waals surface area contributed by atoms with Crippen molar-refractivity contribution < 1.29 is 4.79 Å². The normalized spacial score (nSPS) is 16.3. The molecule has 0 bridgehead atoms. The van der Waals surface area contributed by atoms with Gasteiger partial charge in [0.2, 0.25) is 0 Å². The lowest BCUT2D eigenvalue weighted by atomic mass is 10.1. The van der Waals surface area contributed by atoms with Crippen molar-refractivity contribution in [3.8, 4) is 6.07 Å². The summed E-state index contributed by atoms with van der Waals surface area (Å²) >= 11 is 12.0. The van der Waals surface area contributed by atoms with Gasteiger partial charge in [-0.05, 0) is 29.8 Å². The molecular formula is C19H17Cl2N3O. The maximum atomic E-state index is 12.6. The Kier molecular flexibility index (Phi) is 5.60. The lowest BCUT2D eigenvalue weighted by Crippen LogP contribution is -2.49. The molecule has 2 aromatic carbocycles. The first-order chi connectivity index (χ1) is 12.1. The fraction of sp³-hybridized carbons (Fsp3) is 0.263. The largest absolute Gasteiger partial charge is 0.336 e. The van der Waals surface area contributed by atoms with E-state index in [0.29, 0.717) is 41.8 Å². The maximum Gasteiger partial charge on any atom is 0.255 e. The van der Waals surface area contributed by atoms with E-state index < -0.39 is 0 Å². The molecule has 1 fully saturated rings. The van der Waals surface area contributed by atoms with Gasteiger partial charge in [0.1, 0.15) is 6.04 Å². The number of nitriles is 1. The van der Waals surface area contributed by atoms with Crippen molar-refractivity contribution in [2.75, 3.05) is 26.2 Å². The van der Waals surface area contributed by atoms with Gasteiger partial charge >= 0.3 is 0 Å². The molecular weight excluding hydrogens is 357 g/mol. The van der Waals surface area contributed by atoms with Crippen LogP contribution in [-0.4, -0.2) is 41.9 Å². The van der Waals surface area contributed by atoms with Gasteiger partial charge in [0.25, 0.3) is 5.91 Å². The van der Waals surface area contributed by atoms with Crippen LogP contribution in [0, 0.1) is 11.3 Å². The van der Waals surface area contributed by atoms with Gasteiger partial charge in [-0.2, -0.15) is 5.26 Å². The molecule has 1 aliphatic rings. The lowest BCUT2D eigenvalue weighted by Gasteiger charge is -2.37. The van der Waals surface area contributed by atoms with Crippen LogP contribution in [0.3, 0.4) is 0 Å². The Bertz CT molecular complexity index is 793. The van der Waals surface area contributed by atoms with Gasteiger partial charge in [0, 0.05) is 31.2 Å². The SMILES string of the molecule is N#CC(c1ccc(Cl)cc1)N1CCN(C(=O)c2ccccc2Cl)CC1. The molecule has 3 rings (SSSR count). The molecule has 0 radical (unpaired) electrons. The van der Waals surface area contributed by atoms with Gasteiger partial charge in [-0.3, -0.25) is 9.69 Å². The summed E-state index contributed by atoms with van der Waals surface area (Å²) in [5.41, 5.74) is 1.44. The Morgan fingerprint density at radius 1 is 1.00 bits per heavy atom. The third-order valence-electron chi connectivity index (χ3n) is 4.38. The van der Waals surface area contributed by atoms with Crippen LogP contribution < -0.4 is 0 Å². The summed E-state index contributed by atoms with van der Waals surface area (Å²) in [7, 11) is 0. The molecule has 0 spiro atoms. The van der Waals surface area contributed by atoms with E-state index in [9.17, 15) is 10.1 Å². The molecule has 1 aliphatic heterocycles. The van der Waals surface area contributed by atoms with Crippen molar-refractivity contribution in [2.45, 2.75) is 6.04 Å². The van der Waals surface area contributed by atoms with Crippen LogP contribution in [0.15, 0.2) is 48.5 Å². The van der Waals surface area contributed by atoms with Crippen molar-refractivity contribution in [3.63, 3.8) is 0 Å². The number of carbonyl (C=O) groups is 1. The first-order valence-corrected chi connectivity index (χ1v) is 8.78. The Labute approximate surface area is 157 Å². The standard InChI is InChI=1S/C19H17Cl2N3O/c20-15-7-5-14(6-8-15)18(13-22)23-9-11-24(12-10-23)19(25)16-3-1-2-4-17(16)21/h1-8,18H,9-12H2. The summed E-state index contributed by atoms with van der Waals surface area (Å²) < 4.78 is 0. The molecule has 1 heterocycles. The Morgan fingerprint density at radius 2 is 1.64 bits per heavy atom. The topological polar surface area (TPSA) is 47.3 Å². The van der Waals surface area contributed by atoms with Crippen LogP contribution in [0.2, 0.25) is 10.0 Å². The first kappa shape index (κ1) is 17.8. The fourth-order valence-corrected chi connectivity index (χ4v) is 3.34. The second kappa shape index (κ2) is 7.88. The number of amides is 1. The summed E-state index contributed by atoms with van der Waals surface area (Å²) in [6.07, 6.45) is 0. The number of halogens is 2. The molecule has 0 aromatic heterocycles. The van der Waals surface area contributed by atoms with Gasteiger partial charge in [-0.15, -0.1) is 0 Å². The third-order valence-corrected chi connectivity index (χ3v) is 4.96. The highest BCUT2D eigenvalue weighted by molar-refractivity contribution is 6.33. The highest BCUT2D eigenvalue weighted by atomic mass is 35.5. The molecule has 6 heteroatoms. The molecule has 128 valence electrons. The highest BCUT2D eigenvalue weighted by Gasteiger charge is 2.28. The first-order valence-electron chi connectivity index (χ1n) is 8.03. The second-order valence-corrected chi connectivity index (χ2v) is 6.73. The Hall–Kier alpha value is -2.06. The zero-order valence-electron chi connectivity index (χ0n) is 13.5. The molecule has 1 saturated heterocycles. The van der Waals surface area contributed by atoms with E-state index in [1.165, 1.54) is 0 Å². The van der Waals surface area contributed by atoms with E-state index in [2.05, 4.69) is 11.0 Å². The van der Waals surface area contributed by atoms with Gasteiger partial charge in [-0.1, -0.05) is 47.5 Å². The van der Waals surface area contributed by atoms with Crippen LogP contribution in [0.5, 0.6) is 0 Å². The predicted octanol–water partition coefficient (Wildman–Crippen LogP) is 4.02. The van der Waals surface area contributed by atoms with E-state index in [4.69, 9.17) is 23.2 Å². The lowest BCUT2D eigenvalue weighted by molar-refractivity contribution is 0.0606. The summed E-state index contributed by atoms with van der Waals surface area (Å²) in [6.45, 7) is 2.40. The second-order valence-electron chi connectivity index (χ2n) is 5.89. The number of benzene rings is 2. The number of rotatable bonds is 3. The van der Waals surface area contributed by atoms with Gasteiger partial charge in [0.15, 0.2) is 0 Å². The third kappa shape index (κ3) is 3.96. The molecule has 2 aromatic rings. The Morgan fingerprint density at radius 3 is 2.24 bits per heavy atom. The summed E-state index contributed by atoms with van der Waals surface area (Å²) in [5.74, 6) is -0.0646. The predicted molar refractivity (Wildman–Crippen MR) is 98.7 cm³/mol. The number of hydrogen-bond donors (Lipinski definition) is 0. The quantitative estimate of drug-likeness (QED) is 0.816. The molecule has 25 heavy (non-hydrogen) atoms. The van der Waals surface area contributed by atoms with Crippen LogP contribution in [0.25, 0.3) is 0 Å². The molecule has 1 unspecified atom stereocenters. The van der Waals surface area contributed by atoms with Crippen molar-refractivity contribution in [3.05, 3.63) is 69.7 Å². The molecule has 1 amide bonds. The molecule has 0 saturated carbocycles. The van der Waals surface area contributed by atoms with E-state index >= 15 is 0 Å². The maximum absolute atomic E-state index is 12.6. The zero-order valence-corrected chi connectivity index (χ0v) is 15.0. The van der Waals surface area contributed by atoms with Crippen molar-refractivity contribution >= 4 is 29.1 Å². The van der Waals surface area contributed by atoms with E-state index in [1.807, 2.05) is 18.2 Å².